The number of hydrogen-bond acceptors (Lipinski definition) is 5. The summed E-state index contributed by atoms with van der Waals surface area (Å²) in [6.07, 6.45) is 2.33. The molecule has 1 aromatic heterocycles. The van der Waals surface area contributed by atoms with Gasteiger partial charge in [0, 0.05) is 45.5 Å². The molecule has 5 heteroatoms. The second kappa shape index (κ2) is 7.44. The highest BCUT2D eigenvalue weighted by Gasteiger charge is 2.18. The van der Waals surface area contributed by atoms with Crippen molar-refractivity contribution in [3.8, 4) is 5.75 Å². The van der Waals surface area contributed by atoms with Gasteiger partial charge in [0.2, 0.25) is 0 Å². The van der Waals surface area contributed by atoms with Crippen molar-refractivity contribution >= 4 is 5.82 Å². The van der Waals surface area contributed by atoms with E-state index in [1.807, 2.05) is 30.5 Å². The number of phenolic OH excluding ortho intramolecular Hbond substituents is 1. The molecule has 5 nitrogen and oxygen atoms in total. The van der Waals surface area contributed by atoms with E-state index in [4.69, 9.17) is 5.11 Å². The molecule has 3 rings (SSSR count). The number of pyridine rings is 1. The number of phenols is 1. The van der Waals surface area contributed by atoms with Crippen LogP contribution in [0.1, 0.15) is 11.1 Å². The van der Waals surface area contributed by atoms with Gasteiger partial charge in [-0.15, -0.1) is 0 Å². The summed E-state index contributed by atoms with van der Waals surface area (Å²) in [5.41, 5.74) is 2.00. The molecule has 1 fully saturated rings. The molecule has 0 radical (unpaired) electrons. The van der Waals surface area contributed by atoms with Gasteiger partial charge in [0.25, 0.3) is 0 Å². The van der Waals surface area contributed by atoms with Crippen LogP contribution in [0.3, 0.4) is 0 Å². The third-order valence-electron chi connectivity index (χ3n) is 4.28. The first-order valence-corrected chi connectivity index (χ1v) is 8.06. The van der Waals surface area contributed by atoms with Gasteiger partial charge in [-0.05, 0) is 35.7 Å². The Kier molecular flexibility index (Phi) is 5.10. The van der Waals surface area contributed by atoms with Crippen LogP contribution in [0, 0.1) is 0 Å². The Labute approximate surface area is 136 Å². The Morgan fingerprint density at radius 1 is 1.04 bits per heavy atom. The molecule has 0 saturated carbocycles. The van der Waals surface area contributed by atoms with E-state index in [0.717, 1.165) is 44.1 Å². The summed E-state index contributed by atoms with van der Waals surface area (Å²) in [7, 11) is 0. The van der Waals surface area contributed by atoms with Crippen molar-refractivity contribution in [2.45, 2.75) is 13.0 Å². The first kappa shape index (κ1) is 15.8. The molecule has 2 N–H and O–H groups in total. The Bertz CT molecular complexity index is 625. The van der Waals surface area contributed by atoms with Gasteiger partial charge < -0.3 is 15.1 Å². The van der Waals surface area contributed by atoms with Gasteiger partial charge in [-0.3, -0.25) is 4.90 Å². The lowest BCUT2D eigenvalue weighted by atomic mass is 10.1. The minimum atomic E-state index is 0.0553. The lowest BCUT2D eigenvalue weighted by molar-refractivity contribution is 0.249. The highest BCUT2D eigenvalue weighted by molar-refractivity contribution is 5.39. The molecule has 0 atom stereocenters. The zero-order valence-electron chi connectivity index (χ0n) is 13.2. The zero-order valence-corrected chi connectivity index (χ0v) is 13.2. The number of aliphatic hydroxyl groups is 1. The minimum Gasteiger partial charge on any atom is -0.508 e. The molecule has 0 unspecified atom stereocenters. The number of benzene rings is 1. The van der Waals surface area contributed by atoms with E-state index in [1.54, 1.807) is 6.07 Å². The normalized spacial score (nSPS) is 15.8. The molecular weight excluding hydrogens is 290 g/mol. The molecule has 23 heavy (non-hydrogen) atoms. The summed E-state index contributed by atoms with van der Waals surface area (Å²) in [5, 5.41) is 18.9. The Morgan fingerprint density at radius 3 is 2.57 bits per heavy atom. The predicted molar refractivity (Wildman–Crippen MR) is 90.6 cm³/mol. The van der Waals surface area contributed by atoms with Gasteiger partial charge >= 0.3 is 0 Å². The van der Waals surface area contributed by atoms with Crippen molar-refractivity contribution in [1.29, 1.82) is 0 Å². The number of hydrogen-bond donors (Lipinski definition) is 2. The van der Waals surface area contributed by atoms with Crippen molar-refractivity contribution in [1.82, 2.24) is 9.88 Å². The predicted octanol–water partition coefficient (Wildman–Crippen LogP) is 1.64. The average Bonchev–Trinajstić information content (AvgIpc) is 2.60. The standard InChI is InChI=1S/C18H23N3O2/c22-12-6-16-13-15(4-5-17(16)23)14-20-8-10-21(11-9-20)18-3-1-2-7-19-18/h1-5,7,13,22-23H,6,8-12,14H2. The largest absolute Gasteiger partial charge is 0.508 e. The molecular formula is C18H23N3O2. The third kappa shape index (κ3) is 4.00. The quantitative estimate of drug-likeness (QED) is 0.879. The van der Waals surface area contributed by atoms with Crippen LogP contribution in [0.2, 0.25) is 0 Å². The number of aromatic nitrogens is 1. The fourth-order valence-electron chi connectivity index (χ4n) is 2.99. The molecule has 1 aliphatic heterocycles. The summed E-state index contributed by atoms with van der Waals surface area (Å²) in [6.45, 7) is 4.85. The highest BCUT2D eigenvalue weighted by Crippen LogP contribution is 2.21. The van der Waals surface area contributed by atoms with Crippen molar-refractivity contribution < 1.29 is 10.2 Å². The molecule has 0 spiro atoms. The van der Waals surface area contributed by atoms with Gasteiger partial charge in [-0.1, -0.05) is 18.2 Å². The van der Waals surface area contributed by atoms with Crippen LogP contribution in [-0.4, -0.2) is 52.9 Å². The van der Waals surface area contributed by atoms with Crippen LogP contribution in [-0.2, 0) is 13.0 Å². The zero-order chi connectivity index (χ0) is 16.1. The average molecular weight is 313 g/mol. The van der Waals surface area contributed by atoms with E-state index in [-0.39, 0.29) is 12.4 Å². The fourth-order valence-corrected chi connectivity index (χ4v) is 2.99. The monoisotopic (exact) mass is 313 g/mol. The maximum absolute atomic E-state index is 9.79. The van der Waals surface area contributed by atoms with Gasteiger partial charge in [0.1, 0.15) is 11.6 Å². The van der Waals surface area contributed by atoms with Gasteiger partial charge in [0.05, 0.1) is 0 Å². The Balaban J connectivity index is 1.57. The second-order valence-corrected chi connectivity index (χ2v) is 5.89. The van der Waals surface area contributed by atoms with Crippen LogP contribution < -0.4 is 4.90 Å². The number of rotatable bonds is 5. The lowest BCUT2D eigenvalue weighted by Crippen LogP contribution is -2.46. The molecule has 2 aromatic rings. The molecule has 122 valence electrons. The third-order valence-corrected chi connectivity index (χ3v) is 4.28. The van der Waals surface area contributed by atoms with Crippen LogP contribution in [0.25, 0.3) is 0 Å². The molecule has 0 amide bonds. The van der Waals surface area contributed by atoms with Gasteiger partial charge in [-0.2, -0.15) is 0 Å². The molecule has 1 aromatic carbocycles. The number of aliphatic hydroxyl groups excluding tert-OH is 1. The smallest absolute Gasteiger partial charge is 0.128 e. The van der Waals surface area contributed by atoms with E-state index in [9.17, 15) is 5.11 Å². The van der Waals surface area contributed by atoms with E-state index in [0.29, 0.717) is 6.42 Å². The molecule has 2 heterocycles. The van der Waals surface area contributed by atoms with Crippen LogP contribution in [0.4, 0.5) is 5.82 Å². The van der Waals surface area contributed by atoms with Crippen LogP contribution in [0.15, 0.2) is 42.6 Å². The van der Waals surface area contributed by atoms with Crippen molar-refractivity contribution in [3.63, 3.8) is 0 Å². The van der Waals surface area contributed by atoms with Crippen molar-refractivity contribution in [2.75, 3.05) is 37.7 Å². The van der Waals surface area contributed by atoms with Crippen LogP contribution in [0.5, 0.6) is 5.75 Å². The number of nitrogens with zero attached hydrogens (tertiary/aromatic N) is 3. The van der Waals surface area contributed by atoms with Gasteiger partial charge in [0.15, 0.2) is 0 Å². The Morgan fingerprint density at radius 2 is 1.87 bits per heavy atom. The number of piperazine rings is 1. The van der Waals surface area contributed by atoms with Gasteiger partial charge in [-0.25, -0.2) is 4.98 Å². The Hall–Kier alpha value is -2.11. The number of anilines is 1. The summed E-state index contributed by atoms with van der Waals surface area (Å²) < 4.78 is 0. The summed E-state index contributed by atoms with van der Waals surface area (Å²) in [5.74, 6) is 1.31. The second-order valence-electron chi connectivity index (χ2n) is 5.89. The molecule has 0 aliphatic carbocycles. The molecule has 0 bridgehead atoms. The van der Waals surface area contributed by atoms with E-state index in [2.05, 4.69) is 20.9 Å². The molecule has 1 aliphatic rings. The molecule has 1 saturated heterocycles. The summed E-state index contributed by atoms with van der Waals surface area (Å²) in [6, 6.07) is 11.7. The summed E-state index contributed by atoms with van der Waals surface area (Å²) >= 11 is 0. The van der Waals surface area contributed by atoms with E-state index >= 15 is 0 Å². The first-order valence-electron chi connectivity index (χ1n) is 8.06. The topological polar surface area (TPSA) is 59.8 Å². The maximum atomic E-state index is 9.79. The minimum absolute atomic E-state index is 0.0553. The maximum Gasteiger partial charge on any atom is 0.128 e. The first-order chi connectivity index (χ1) is 11.3. The van der Waals surface area contributed by atoms with E-state index in [1.165, 1.54) is 5.56 Å². The highest BCUT2D eigenvalue weighted by atomic mass is 16.3. The number of aromatic hydroxyl groups is 1. The summed E-state index contributed by atoms with van der Waals surface area (Å²) in [4.78, 5) is 9.13. The van der Waals surface area contributed by atoms with Crippen molar-refractivity contribution in [3.05, 3.63) is 53.7 Å². The van der Waals surface area contributed by atoms with Crippen LogP contribution >= 0.6 is 0 Å². The SMILES string of the molecule is OCCc1cc(CN2CCN(c3ccccn3)CC2)ccc1O. The lowest BCUT2D eigenvalue weighted by Gasteiger charge is -2.35. The van der Waals surface area contributed by atoms with E-state index < -0.39 is 0 Å². The fraction of sp³-hybridized carbons (Fsp3) is 0.389. The van der Waals surface area contributed by atoms with Crippen molar-refractivity contribution in [2.24, 2.45) is 0 Å².